The van der Waals surface area contributed by atoms with E-state index in [1.165, 1.54) is 0 Å². The van der Waals surface area contributed by atoms with Gasteiger partial charge in [0.1, 0.15) is 16.5 Å². The predicted molar refractivity (Wildman–Crippen MR) is 77.3 cm³/mol. The Kier molecular flexibility index (Phi) is 5.91. The molecule has 0 amide bonds. The smallest absolute Gasteiger partial charge is 0.246 e. The van der Waals surface area contributed by atoms with Crippen LogP contribution in [0.25, 0.3) is 0 Å². The SMILES string of the molecule is Cl.N[C@H]1CCCN(S(=O)(=O)c2cc(Br)c(F)cc2F)C1. The fourth-order valence-corrected chi connectivity index (χ4v) is 4.14. The summed E-state index contributed by atoms with van der Waals surface area (Å²) in [5.74, 6) is -1.94. The molecule has 0 spiro atoms. The Hall–Kier alpha value is -0.280. The zero-order valence-corrected chi connectivity index (χ0v) is 13.6. The first-order valence-electron chi connectivity index (χ1n) is 5.72. The van der Waals surface area contributed by atoms with Crippen LogP contribution in [0.1, 0.15) is 12.8 Å². The number of rotatable bonds is 2. The first kappa shape index (κ1) is 17.8. The van der Waals surface area contributed by atoms with Crippen LogP contribution in [0.4, 0.5) is 8.78 Å². The van der Waals surface area contributed by atoms with Crippen molar-refractivity contribution < 1.29 is 17.2 Å². The molecule has 2 N–H and O–H groups in total. The molecule has 9 heteroatoms. The van der Waals surface area contributed by atoms with Gasteiger partial charge in [-0.3, -0.25) is 0 Å². The topological polar surface area (TPSA) is 63.4 Å². The highest BCUT2D eigenvalue weighted by Gasteiger charge is 2.31. The highest BCUT2D eigenvalue weighted by atomic mass is 79.9. The van der Waals surface area contributed by atoms with Crippen molar-refractivity contribution in [1.29, 1.82) is 0 Å². The maximum Gasteiger partial charge on any atom is 0.246 e. The molecule has 0 saturated carbocycles. The third-order valence-electron chi connectivity index (χ3n) is 3.01. The maximum atomic E-state index is 13.7. The lowest BCUT2D eigenvalue weighted by molar-refractivity contribution is 0.315. The molecule has 0 aliphatic carbocycles. The van der Waals surface area contributed by atoms with Gasteiger partial charge >= 0.3 is 0 Å². The van der Waals surface area contributed by atoms with Gasteiger partial charge in [0.15, 0.2) is 0 Å². The number of sulfonamides is 1. The zero-order valence-electron chi connectivity index (χ0n) is 10.4. The summed E-state index contributed by atoms with van der Waals surface area (Å²) in [6.45, 7) is 0.446. The van der Waals surface area contributed by atoms with Crippen molar-refractivity contribution in [3.63, 3.8) is 0 Å². The summed E-state index contributed by atoms with van der Waals surface area (Å²) in [5, 5.41) is 0. The van der Waals surface area contributed by atoms with Gasteiger partial charge in [-0.05, 0) is 34.8 Å². The highest BCUT2D eigenvalue weighted by molar-refractivity contribution is 9.10. The molecule has 1 aromatic rings. The van der Waals surface area contributed by atoms with Gasteiger partial charge in [-0.25, -0.2) is 17.2 Å². The minimum atomic E-state index is -3.98. The average Bonchev–Trinajstić information content (AvgIpc) is 2.33. The van der Waals surface area contributed by atoms with Crippen LogP contribution in [0.3, 0.4) is 0 Å². The summed E-state index contributed by atoms with van der Waals surface area (Å²) >= 11 is 2.86. The van der Waals surface area contributed by atoms with Gasteiger partial charge in [0.05, 0.1) is 4.47 Å². The van der Waals surface area contributed by atoms with Crippen LogP contribution in [-0.2, 0) is 10.0 Å². The molecule has 2 rings (SSSR count). The quantitative estimate of drug-likeness (QED) is 0.787. The van der Waals surface area contributed by atoms with Crippen LogP contribution in [-0.4, -0.2) is 31.9 Å². The van der Waals surface area contributed by atoms with Crippen molar-refractivity contribution >= 4 is 38.4 Å². The lowest BCUT2D eigenvalue weighted by Crippen LogP contribution is -2.45. The monoisotopic (exact) mass is 390 g/mol. The summed E-state index contributed by atoms with van der Waals surface area (Å²) in [5.41, 5.74) is 5.72. The van der Waals surface area contributed by atoms with E-state index in [-0.39, 0.29) is 29.5 Å². The van der Waals surface area contributed by atoms with Gasteiger partial charge in [-0.15, -0.1) is 12.4 Å². The number of benzene rings is 1. The fourth-order valence-electron chi connectivity index (χ4n) is 2.03. The van der Waals surface area contributed by atoms with Crippen LogP contribution < -0.4 is 5.73 Å². The molecule has 0 unspecified atom stereocenters. The maximum absolute atomic E-state index is 13.7. The van der Waals surface area contributed by atoms with Gasteiger partial charge < -0.3 is 5.73 Å². The number of nitrogens with two attached hydrogens (primary N) is 1. The number of nitrogens with zero attached hydrogens (tertiary/aromatic N) is 1. The minimum Gasteiger partial charge on any atom is -0.327 e. The predicted octanol–water partition coefficient (Wildman–Crippen LogP) is 2.26. The van der Waals surface area contributed by atoms with Crippen LogP contribution in [0.5, 0.6) is 0 Å². The van der Waals surface area contributed by atoms with Crippen molar-refractivity contribution in [1.82, 2.24) is 4.31 Å². The second-order valence-corrected chi connectivity index (χ2v) is 7.22. The molecule has 1 heterocycles. The molecular formula is C11H14BrClF2N2O2S. The van der Waals surface area contributed by atoms with Crippen molar-refractivity contribution in [2.24, 2.45) is 5.73 Å². The summed E-state index contributed by atoms with van der Waals surface area (Å²) in [6, 6.07) is 1.25. The molecule has 1 fully saturated rings. The molecule has 1 aliphatic heterocycles. The standard InChI is InChI=1S/C11H13BrF2N2O2S.ClH/c12-8-4-11(10(14)5-9(8)13)19(17,18)16-3-1-2-7(15)6-16;/h4-5,7H,1-3,6,15H2;1H/t7-;/m0./s1. The highest BCUT2D eigenvalue weighted by Crippen LogP contribution is 2.27. The van der Waals surface area contributed by atoms with Crippen molar-refractivity contribution in [3.8, 4) is 0 Å². The molecule has 1 saturated heterocycles. The van der Waals surface area contributed by atoms with Crippen LogP contribution in [0.2, 0.25) is 0 Å². The van der Waals surface area contributed by atoms with Gasteiger partial charge in [0, 0.05) is 25.2 Å². The van der Waals surface area contributed by atoms with Crippen molar-refractivity contribution in [2.45, 2.75) is 23.8 Å². The molecule has 1 aliphatic rings. The molecule has 114 valence electrons. The Morgan fingerprint density at radius 3 is 2.55 bits per heavy atom. The van der Waals surface area contributed by atoms with E-state index in [1.54, 1.807) is 0 Å². The number of hydrogen-bond donors (Lipinski definition) is 1. The number of piperidine rings is 1. The lowest BCUT2D eigenvalue weighted by atomic mass is 10.1. The molecule has 1 aromatic carbocycles. The number of halogens is 4. The van der Waals surface area contributed by atoms with Crippen molar-refractivity contribution in [2.75, 3.05) is 13.1 Å². The molecular weight excluding hydrogens is 378 g/mol. The third-order valence-corrected chi connectivity index (χ3v) is 5.50. The summed E-state index contributed by atoms with van der Waals surface area (Å²) in [7, 11) is -3.98. The first-order valence-corrected chi connectivity index (χ1v) is 7.96. The Labute approximate surface area is 130 Å². The van der Waals surface area contributed by atoms with Gasteiger partial charge in [0.2, 0.25) is 10.0 Å². The third kappa shape index (κ3) is 3.48. The van der Waals surface area contributed by atoms with Gasteiger partial charge in [-0.2, -0.15) is 4.31 Å². The molecule has 0 bridgehead atoms. The van der Waals surface area contributed by atoms with E-state index >= 15 is 0 Å². The Morgan fingerprint density at radius 2 is 1.95 bits per heavy atom. The molecule has 0 radical (unpaired) electrons. The normalized spacial score (nSPS) is 20.5. The molecule has 0 aromatic heterocycles. The largest absolute Gasteiger partial charge is 0.327 e. The van der Waals surface area contributed by atoms with Crippen LogP contribution in [0, 0.1) is 11.6 Å². The van der Waals surface area contributed by atoms with E-state index in [9.17, 15) is 17.2 Å². The molecule has 20 heavy (non-hydrogen) atoms. The van der Waals surface area contributed by atoms with E-state index in [0.717, 1.165) is 16.8 Å². The Balaban J connectivity index is 0.00000200. The molecule has 1 atom stereocenters. The summed E-state index contributed by atoms with van der Waals surface area (Å²) in [4.78, 5) is -0.533. The van der Waals surface area contributed by atoms with Crippen LogP contribution in [0.15, 0.2) is 21.5 Å². The summed E-state index contributed by atoms with van der Waals surface area (Å²) in [6.07, 6.45) is 1.37. The van der Waals surface area contributed by atoms with E-state index in [1.807, 2.05) is 0 Å². The van der Waals surface area contributed by atoms with Crippen molar-refractivity contribution in [3.05, 3.63) is 28.2 Å². The molecule has 4 nitrogen and oxygen atoms in total. The van der Waals surface area contributed by atoms with Gasteiger partial charge in [0.25, 0.3) is 0 Å². The van der Waals surface area contributed by atoms with Crippen LogP contribution >= 0.6 is 28.3 Å². The minimum absolute atomic E-state index is 0. The summed E-state index contributed by atoms with van der Waals surface area (Å²) < 4.78 is 52.5. The van der Waals surface area contributed by atoms with Gasteiger partial charge in [-0.1, -0.05) is 0 Å². The Bertz CT molecular complexity index is 600. The lowest BCUT2D eigenvalue weighted by Gasteiger charge is -2.30. The second kappa shape index (κ2) is 6.65. The fraction of sp³-hybridized carbons (Fsp3) is 0.455. The van der Waals surface area contributed by atoms with E-state index < -0.39 is 26.6 Å². The zero-order chi connectivity index (χ0) is 14.2. The first-order chi connectivity index (χ1) is 8.82. The Morgan fingerprint density at radius 1 is 1.30 bits per heavy atom. The van der Waals surface area contributed by atoms with E-state index in [0.29, 0.717) is 19.0 Å². The van der Waals surface area contributed by atoms with E-state index in [2.05, 4.69) is 15.9 Å². The van der Waals surface area contributed by atoms with E-state index in [4.69, 9.17) is 5.73 Å². The number of hydrogen-bond acceptors (Lipinski definition) is 3. The second-order valence-electron chi connectivity index (χ2n) is 4.46. The average molecular weight is 392 g/mol.